The van der Waals surface area contributed by atoms with E-state index >= 15 is 0 Å². The molecule has 0 radical (unpaired) electrons. The summed E-state index contributed by atoms with van der Waals surface area (Å²) in [6.45, 7) is -0.320. The Morgan fingerprint density at radius 3 is 2.29 bits per heavy atom. The Labute approximate surface area is 247 Å². The van der Waals surface area contributed by atoms with Crippen molar-refractivity contribution in [3.63, 3.8) is 0 Å². The highest BCUT2D eigenvalue weighted by molar-refractivity contribution is 6.38. The van der Waals surface area contributed by atoms with Crippen LogP contribution in [0.5, 0.6) is 5.75 Å². The predicted octanol–water partition coefficient (Wildman–Crippen LogP) is 5.45. The van der Waals surface area contributed by atoms with Crippen LogP contribution in [0, 0.1) is 17.6 Å². The van der Waals surface area contributed by atoms with E-state index in [1.165, 1.54) is 11.0 Å². The number of aromatic carboxylic acids is 1. The van der Waals surface area contributed by atoms with E-state index < -0.39 is 23.2 Å². The summed E-state index contributed by atoms with van der Waals surface area (Å²) in [7, 11) is 0. The summed E-state index contributed by atoms with van der Waals surface area (Å²) in [6, 6.07) is 7.53. The molecule has 1 aliphatic carbocycles. The average Bonchev–Trinajstić information content (AvgIpc) is 3.72. The third-order valence-electron chi connectivity index (χ3n) is 6.95. The zero-order valence-corrected chi connectivity index (χ0v) is 23.4. The van der Waals surface area contributed by atoms with Gasteiger partial charge in [-0.2, -0.15) is 0 Å². The van der Waals surface area contributed by atoms with Crippen molar-refractivity contribution in [2.75, 3.05) is 24.6 Å². The Morgan fingerprint density at radius 2 is 1.73 bits per heavy atom. The highest BCUT2D eigenvalue weighted by Gasteiger charge is 2.45. The van der Waals surface area contributed by atoms with Gasteiger partial charge in [-0.15, -0.1) is 0 Å². The number of β-amino-alcohol motifs (C(OH)–C–C–N with tert-alkyl or cyclic N) is 1. The lowest BCUT2D eigenvalue weighted by molar-refractivity contribution is -0.116. The summed E-state index contributed by atoms with van der Waals surface area (Å²) in [5, 5.41) is 20.2. The van der Waals surface area contributed by atoms with E-state index in [1.807, 2.05) is 0 Å². The molecule has 2 heterocycles. The maximum Gasteiger partial charge on any atom is 0.337 e. The molecule has 0 atom stereocenters. The fourth-order valence-electron chi connectivity index (χ4n) is 4.63. The molecule has 214 valence electrons. The Bertz CT molecular complexity index is 1580. The number of aliphatic hydroxyl groups is 1. The van der Waals surface area contributed by atoms with Gasteiger partial charge in [0.25, 0.3) is 0 Å². The SMILES string of the molecule is NC(=C(COc1ccc(C2(O)CN(c3ncc(C(=O)O)cc3F)C2)c(Cl)c1)C(=O)C1CC1)c1c(Cl)cc(F)cc1Cl. The minimum atomic E-state index is -1.43. The number of ether oxygens (including phenoxy) is 1. The van der Waals surface area contributed by atoms with Gasteiger partial charge in [0.2, 0.25) is 0 Å². The molecule has 1 saturated heterocycles. The number of aromatic nitrogens is 1. The summed E-state index contributed by atoms with van der Waals surface area (Å²) in [5.74, 6) is -3.01. The number of anilines is 1. The lowest BCUT2D eigenvalue weighted by Crippen LogP contribution is -2.60. The van der Waals surface area contributed by atoms with E-state index in [4.69, 9.17) is 50.4 Å². The van der Waals surface area contributed by atoms with Crippen molar-refractivity contribution in [2.24, 2.45) is 11.7 Å². The van der Waals surface area contributed by atoms with E-state index in [-0.39, 0.29) is 80.4 Å². The molecule has 8 nitrogen and oxygen atoms in total. The third kappa shape index (κ3) is 5.83. The molecule has 0 amide bonds. The van der Waals surface area contributed by atoms with Gasteiger partial charge in [0.1, 0.15) is 23.8 Å². The number of carboxylic acids is 1. The monoisotopic (exact) mass is 623 g/mol. The van der Waals surface area contributed by atoms with Gasteiger partial charge in [-0.05, 0) is 43.2 Å². The van der Waals surface area contributed by atoms with Crippen molar-refractivity contribution >= 4 is 58.1 Å². The van der Waals surface area contributed by atoms with Crippen LogP contribution in [0.4, 0.5) is 14.6 Å². The van der Waals surface area contributed by atoms with Crippen LogP contribution in [0.25, 0.3) is 5.70 Å². The number of pyridine rings is 1. The van der Waals surface area contributed by atoms with Gasteiger partial charge in [0.15, 0.2) is 17.4 Å². The second-order valence-corrected chi connectivity index (χ2v) is 11.1. The number of carbonyl (C=O) groups excluding carboxylic acids is 1. The van der Waals surface area contributed by atoms with Crippen molar-refractivity contribution in [1.82, 2.24) is 4.98 Å². The van der Waals surface area contributed by atoms with E-state index in [0.717, 1.165) is 24.4 Å². The van der Waals surface area contributed by atoms with Crippen molar-refractivity contribution in [3.05, 3.63) is 91.6 Å². The molecule has 41 heavy (non-hydrogen) atoms. The molecule has 2 aliphatic rings. The van der Waals surface area contributed by atoms with Crippen LogP contribution >= 0.6 is 34.8 Å². The zero-order valence-electron chi connectivity index (χ0n) is 21.1. The van der Waals surface area contributed by atoms with Crippen molar-refractivity contribution in [2.45, 2.75) is 18.4 Å². The van der Waals surface area contributed by atoms with Gasteiger partial charge in [-0.3, -0.25) is 4.79 Å². The predicted molar refractivity (Wildman–Crippen MR) is 149 cm³/mol. The summed E-state index contributed by atoms with van der Waals surface area (Å²) in [4.78, 5) is 29.4. The van der Waals surface area contributed by atoms with E-state index in [9.17, 15) is 23.5 Å². The lowest BCUT2D eigenvalue weighted by atomic mass is 9.86. The molecule has 2 aromatic carbocycles. The number of nitrogens with zero attached hydrogens (tertiary/aromatic N) is 2. The second-order valence-electron chi connectivity index (χ2n) is 9.93. The number of nitrogens with two attached hydrogens (primary N) is 1. The molecule has 1 aromatic heterocycles. The van der Waals surface area contributed by atoms with Crippen LogP contribution in [0.15, 0.2) is 48.2 Å². The van der Waals surface area contributed by atoms with E-state index in [2.05, 4.69) is 4.98 Å². The minimum absolute atomic E-state index is 0.0132. The van der Waals surface area contributed by atoms with Crippen molar-refractivity contribution in [1.29, 1.82) is 0 Å². The average molecular weight is 625 g/mol. The fraction of sp³-hybridized carbons (Fsp3) is 0.250. The Morgan fingerprint density at radius 1 is 1.07 bits per heavy atom. The molecule has 5 rings (SSSR count). The Balaban J connectivity index is 1.33. The Kier molecular flexibility index (Phi) is 7.86. The summed E-state index contributed by atoms with van der Waals surface area (Å²) >= 11 is 18.8. The molecule has 4 N–H and O–H groups in total. The lowest BCUT2D eigenvalue weighted by Gasteiger charge is -2.47. The first-order valence-corrected chi connectivity index (χ1v) is 13.5. The first-order chi connectivity index (χ1) is 19.4. The fourth-order valence-corrected chi connectivity index (χ4v) is 5.64. The highest BCUT2D eigenvalue weighted by Crippen LogP contribution is 2.41. The van der Waals surface area contributed by atoms with Crippen LogP contribution < -0.4 is 15.4 Å². The van der Waals surface area contributed by atoms with Crippen LogP contribution in [0.1, 0.15) is 34.3 Å². The number of carboxylic acid groups (broad SMARTS) is 1. The topological polar surface area (TPSA) is 126 Å². The van der Waals surface area contributed by atoms with Gasteiger partial charge >= 0.3 is 5.97 Å². The van der Waals surface area contributed by atoms with Gasteiger partial charge in [-0.25, -0.2) is 18.6 Å². The van der Waals surface area contributed by atoms with Gasteiger partial charge in [0.05, 0.1) is 45.0 Å². The number of hydrogen-bond donors (Lipinski definition) is 3. The summed E-state index contributed by atoms with van der Waals surface area (Å²) < 4.78 is 33.9. The normalized spacial score (nSPS) is 16.6. The number of hydrogen-bond acceptors (Lipinski definition) is 7. The molecular weight excluding hydrogens is 603 g/mol. The van der Waals surface area contributed by atoms with Crippen molar-refractivity contribution < 1.29 is 33.3 Å². The highest BCUT2D eigenvalue weighted by atomic mass is 35.5. The largest absolute Gasteiger partial charge is 0.489 e. The Hall–Kier alpha value is -3.44. The molecule has 0 unspecified atom stereocenters. The molecule has 1 aliphatic heterocycles. The second kappa shape index (κ2) is 11.1. The van der Waals surface area contributed by atoms with E-state index in [0.29, 0.717) is 18.4 Å². The standard InChI is InChI=1S/C28H22Cl3F2N3O5/c29-19-8-16(3-4-18(19)28(40)11-36(12-28)26-22(33)5-14(9-35-26)27(38)39)41-10-17(25(37)13-1-2-13)24(34)23-20(30)6-15(32)7-21(23)31/h3-9,13,40H,1-2,10-12,34H2,(H,38,39). The molecular formula is C28H22Cl3F2N3O5. The first kappa shape index (κ1) is 29.1. The number of carbonyl (C=O) groups is 2. The molecule has 2 fully saturated rings. The van der Waals surface area contributed by atoms with Crippen LogP contribution in [0.3, 0.4) is 0 Å². The quantitative estimate of drug-likeness (QED) is 0.268. The van der Waals surface area contributed by atoms with Crippen molar-refractivity contribution in [3.8, 4) is 5.75 Å². The molecule has 0 spiro atoms. The number of ketones is 1. The molecule has 0 bridgehead atoms. The first-order valence-electron chi connectivity index (χ1n) is 12.3. The maximum absolute atomic E-state index is 14.4. The van der Waals surface area contributed by atoms with Crippen LogP contribution in [-0.4, -0.2) is 46.6 Å². The van der Waals surface area contributed by atoms with E-state index in [1.54, 1.807) is 12.1 Å². The number of Topliss-reactive ketones (excluding diaryl/α,β-unsaturated/α-hetero) is 1. The third-order valence-corrected chi connectivity index (χ3v) is 7.85. The number of rotatable bonds is 9. The maximum atomic E-state index is 14.4. The molecule has 3 aromatic rings. The minimum Gasteiger partial charge on any atom is -0.489 e. The van der Waals surface area contributed by atoms with Gasteiger partial charge in [-0.1, -0.05) is 40.9 Å². The van der Waals surface area contributed by atoms with Crippen LogP contribution in [0.2, 0.25) is 15.1 Å². The number of benzene rings is 2. The summed E-state index contributed by atoms with van der Waals surface area (Å²) in [6.07, 6.45) is 2.46. The zero-order chi connectivity index (χ0) is 29.6. The van der Waals surface area contributed by atoms with Gasteiger partial charge < -0.3 is 25.6 Å². The van der Waals surface area contributed by atoms with Gasteiger partial charge in [0, 0.05) is 23.2 Å². The molecule has 13 heteroatoms. The smallest absolute Gasteiger partial charge is 0.337 e. The number of halogens is 5. The molecule has 1 saturated carbocycles. The summed E-state index contributed by atoms with van der Waals surface area (Å²) in [5.41, 5.74) is 5.22. The van der Waals surface area contributed by atoms with Crippen LogP contribution in [-0.2, 0) is 10.4 Å².